The van der Waals surface area contributed by atoms with Crippen molar-refractivity contribution in [1.82, 2.24) is 4.98 Å². The second-order valence-corrected chi connectivity index (χ2v) is 3.61. The number of anilines is 1. The molecule has 0 aromatic carbocycles. The van der Waals surface area contributed by atoms with Crippen LogP contribution in [0.15, 0.2) is 18.3 Å². The van der Waals surface area contributed by atoms with Gasteiger partial charge in [-0.2, -0.15) is 0 Å². The number of hydrogen-bond acceptors (Lipinski definition) is 3. The van der Waals surface area contributed by atoms with Crippen molar-refractivity contribution in [3.63, 3.8) is 0 Å². The predicted octanol–water partition coefficient (Wildman–Crippen LogP) is 2.62. The van der Waals surface area contributed by atoms with Gasteiger partial charge < -0.3 is 10.1 Å². The van der Waals surface area contributed by atoms with E-state index in [4.69, 9.17) is 4.74 Å². The Bertz CT molecular complexity index is 276. The zero-order valence-electron chi connectivity index (χ0n) is 9.62. The molecule has 0 atom stereocenters. The summed E-state index contributed by atoms with van der Waals surface area (Å²) in [5, 5.41) is 3.27. The summed E-state index contributed by atoms with van der Waals surface area (Å²) in [4.78, 5) is 4.22. The van der Waals surface area contributed by atoms with Gasteiger partial charge in [0.25, 0.3) is 0 Å². The van der Waals surface area contributed by atoms with Crippen LogP contribution in [0.25, 0.3) is 0 Å². The van der Waals surface area contributed by atoms with E-state index >= 15 is 0 Å². The Morgan fingerprint density at radius 2 is 2.27 bits per heavy atom. The van der Waals surface area contributed by atoms with Gasteiger partial charge in [-0.15, -0.1) is 0 Å². The maximum absolute atomic E-state index is 5.38. The Morgan fingerprint density at radius 3 is 3.00 bits per heavy atom. The van der Waals surface area contributed by atoms with E-state index in [0.29, 0.717) is 0 Å². The van der Waals surface area contributed by atoms with Crippen LogP contribution in [0.4, 0.5) is 5.82 Å². The smallest absolute Gasteiger partial charge is 0.126 e. The summed E-state index contributed by atoms with van der Waals surface area (Å²) >= 11 is 0. The summed E-state index contributed by atoms with van der Waals surface area (Å²) in [5.74, 6) is 0.950. The van der Waals surface area contributed by atoms with Crippen molar-refractivity contribution < 1.29 is 4.74 Å². The lowest BCUT2D eigenvalue weighted by atomic mass is 10.3. The fourth-order valence-electron chi connectivity index (χ4n) is 1.27. The molecule has 0 aliphatic heterocycles. The van der Waals surface area contributed by atoms with Gasteiger partial charge in [0, 0.05) is 26.0 Å². The quantitative estimate of drug-likeness (QED) is 0.699. The summed E-state index contributed by atoms with van der Waals surface area (Å²) in [6.07, 6.45) is 3.94. The highest BCUT2D eigenvalue weighted by Crippen LogP contribution is 2.04. The van der Waals surface area contributed by atoms with E-state index in [-0.39, 0.29) is 0 Å². The van der Waals surface area contributed by atoms with E-state index in [1.165, 1.54) is 5.56 Å². The van der Waals surface area contributed by atoms with Gasteiger partial charge in [-0.1, -0.05) is 6.92 Å². The Hall–Kier alpha value is -1.09. The minimum absolute atomic E-state index is 0.826. The third kappa shape index (κ3) is 5.37. The molecule has 1 N–H and O–H groups in total. The van der Waals surface area contributed by atoms with Crippen molar-refractivity contribution >= 4 is 5.82 Å². The maximum atomic E-state index is 5.38. The van der Waals surface area contributed by atoms with Crippen molar-refractivity contribution in [1.29, 1.82) is 0 Å². The van der Waals surface area contributed by atoms with E-state index in [1.807, 2.05) is 18.3 Å². The normalized spacial score (nSPS) is 10.3. The van der Waals surface area contributed by atoms with E-state index in [2.05, 4.69) is 24.1 Å². The third-order valence-electron chi connectivity index (χ3n) is 2.04. The summed E-state index contributed by atoms with van der Waals surface area (Å²) in [7, 11) is 0. The summed E-state index contributed by atoms with van der Waals surface area (Å²) < 4.78 is 5.38. The predicted molar refractivity (Wildman–Crippen MR) is 63.2 cm³/mol. The molecule has 0 spiro atoms. The Kier molecular flexibility index (Phi) is 5.78. The number of rotatable bonds is 7. The molecular weight excluding hydrogens is 188 g/mol. The van der Waals surface area contributed by atoms with Gasteiger partial charge in [0.2, 0.25) is 0 Å². The highest BCUT2D eigenvalue weighted by atomic mass is 16.5. The topological polar surface area (TPSA) is 34.1 Å². The molecule has 1 heterocycles. The van der Waals surface area contributed by atoms with Crippen LogP contribution in [0.3, 0.4) is 0 Å². The van der Waals surface area contributed by atoms with Crippen LogP contribution in [0, 0.1) is 6.92 Å². The van der Waals surface area contributed by atoms with Gasteiger partial charge in [-0.3, -0.25) is 0 Å². The van der Waals surface area contributed by atoms with Crippen molar-refractivity contribution in [3.05, 3.63) is 23.9 Å². The van der Waals surface area contributed by atoms with E-state index in [9.17, 15) is 0 Å². The number of nitrogens with one attached hydrogen (secondary N) is 1. The molecule has 0 aliphatic rings. The summed E-state index contributed by atoms with van der Waals surface area (Å²) in [6.45, 7) is 6.79. The van der Waals surface area contributed by atoms with Crippen molar-refractivity contribution in [2.24, 2.45) is 0 Å². The Balaban J connectivity index is 2.10. The van der Waals surface area contributed by atoms with E-state index < -0.39 is 0 Å². The summed E-state index contributed by atoms with van der Waals surface area (Å²) in [6, 6.07) is 4.04. The van der Waals surface area contributed by atoms with Gasteiger partial charge in [0.15, 0.2) is 0 Å². The van der Waals surface area contributed by atoms with Gasteiger partial charge >= 0.3 is 0 Å². The molecule has 0 bridgehead atoms. The van der Waals surface area contributed by atoms with Gasteiger partial charge in [-0.25, -0.2) is 4.98 Å². The second-order valence-electron chi connectivity index (χ2n) is 3.61. The van der Waals surface area contributed by atoms with Gasteiger partial charge in [0.1, 0.15) is 5.82 Å². The monoisotopic (exact) mass is 208 g/mol. The molecule has 0 saturated heterocycles. The number of aromatic nitrogens is 1. The number of ether oxygens (including phenoxy) is 1. The minimum atomic E-state index is 0.826. The molecule has 1 rings (SSSR count). The first-order valence-corrected chi connectivity index (χ1v) is 5.57. The molecule has 0 unspecified atom stereocenters. The van der Waals surface area contributed by atoms with Crippen LogP contribution < -0.4 is 5.32 Å². The number of pyridine rings is 1. The lowest BCUT2D eigenvalue weighted by Crippen LogP contribution is -2.07. The van der Waals surface area contributed by atoms with Crippen molar-refractivity contribution in [2.75, 3.05) is 25.1 Å². The SMILES string of the molecule is CCCOCCCNc1cc(C)ccn1. The van der Waals surface area contributed by atoms with Crippen molar-refractivity contribution in [2.45, 2.75) is 26.7 Å². The molecule has 3 heteroatoms. The molecule has 1 aromatic rings. The first-order valence-electron chi connectivity index (χ1n) is 5.57. The fraction of sp³-hybridized carbons (Fsp3) is 0.583. The van der Waals surface area contributed by atoms with Gasteiger partial charge in [-0.05, 0) is 37.5 Å². The average Bonchev–Trinajstić information content (AvgIpc) is 2.23. The average molecular weight is 208 g/mol. The van der Waals surface area contributed by atoms with Crippen LogP contribution in [0.1, 0.15) is 25.3 Å². The van der Waals surface area contributed by atoms with Crippen LogP contribution >= 0.6 is 0 Å². The zero-order chi connectivity index (χ0) is 10.9. The van der Waals surface area contributed by atoms with Crippen LogP contribution in [0.5, 0.6) is 0 Å². The molecule has 84 valence electrons. The maximum Gasteiger partial charge on any atom is 0.126 e. The fourth-order valence-corrected chi connectivity index (χ4v) is 1.27. The van der Waals surface area contributed by atoms with Crippen LogP contribution in [0.2, 0.25) is 0 Å². The molecule has 3 nitrogen and oxygen atoms in total. The first-order chi connectivity index (χ1) is 7.33. The number of hydrogen-bond donors (Lipinski definition) is 1. The van der Waals surface area contributed by atoms with Crippen LogP contribution in [-0.2, 0) is 4.74 Å². The molecule has 0 saturated carbocycles. The Labute approximate surface area is 91.9 Å². The van der Waals surface area contributed by atoms with E-state index in [1.54, 1.807) is 0 Å². The van der Waals surface area contributed by atoms with Crippen molar-refractivity contribution in [3.8, 4) is 0 Å². The molecule has 0 fully saturated rings. The summed E-state index contributed by atoms with van der Waals surface area (Å²) in [5.41, 5.74) is 1.23. The zero-order valence-corrected chi connectivity index (χ0v) is 9.62. The molecule has 0 radical (unpaired) electrons. The molecule has 0 amide bonds. The largest absolute Gasteiger partial charge is 0.381 e. The lowest BCUT2D eigenvalue weighted by Gasteiger charge is -2.06. The number of aryl methyl sites for hydroxylation is 1. The highest BCUT2D eigenvalue weighted by molar-refractivity contribution is 5.36. The highest BCUT2D eigenvalue weighted by Gasteiger charge is 1.93. The van der Waals surface area contributed by atoms with Crippen LogP contribution in [-0.4, -0.2) is 24.7 Å². The lowest BCUT2D eigenvalue weighted by molar-refractivity contribution is 0.134. The minimum Gasteiger partial charge on any atom is -0.381 e. The molecular formula is C12H20N2O. The van der Waals surface area contributed by atoms with Gasteiger partial charge in [0.05, 0.1) is 0 Å². The first kappa shape index (κ1) is 12.0. The molecule has 15 heavy (non-hydrogen) atoms. The number of nitrogens with zero attached hydrogens (tertiary/aromatic N) is 1. The second kappa shape index (κ2) is 7.23. The molecule has 0 aliphatic carbocycles. The molecule has 1 aromatic heterocycles. The standard InChI is InChI=1S/C12H20N2O/c1-3-8-15-9-4-6-13-12-10-11(2)5-7-14-12/h5,7,10H,3-4,6,8-9H2,1-2H3,(H,13,14). The Morgan fingerprint density at radius 1 is 1.40 bits per heavy atom. The van der Waals surface area contributed by atoms with E-state index in [0.717, 1.165) is 38.4 Å². The third-order valence-corrected chi connectivity index (χ3v) is 2.04.